The van der Waals surface area contributed by atoms with Crippen molar-refractivity contribution in [3.05, 3.63) is 65.4 Å². The monoisotopic (exact) mass is 537 g/mol. The molecule has 0 aliphatic rings. The molecule has 2 aromatic carbocycles. The van der Waals surface area contributed by atoms with Crippen molar-refractivity contribution in [3.63, 3.8) is 0 Å². The largest absolute Gasteiger partial charge is 0.508 e. The van der Waals surface area contributed by atoms with E-state index in [1.807, 2.05) is 42.8 Å². The molecule has 0 aliphatic carbocycles. The molecule has 39 heavy (non-hydrogen) atoms. The standard InChI is InChI=1S/C28H35N5O6/c1-17-21(20-8-6-7-9-24(20)33(17)5)15-29-32-26(37)22(14-18-10-12-19(35)13-11-18)30-25(36)23(16-34)31-27(38)39-28(2,3)4/h6-13,15,22-23,34-35H,14,16H2,1-5H3,(H,30,36)(H,31,38)(H,32,37)/b29-15-/t22-,23-/m0/s1. The second-order valence-corrected chi connectivity index (χ2v) is 10.1. The zero-order valence-electron chi connectivity index (χ0n) is 22.7. The summed E-state index contributed by atoms with van der Waals surface area (Å²) in [5.41, 5.74) is 5.16. The predicted molar refractivity (Wildman–Crippen MR) is 147 cm³/mol. The van der Waals surface area contributed by atoms with Crippen molar-refractivity contribution >= 4 is 35.0 Å². The average Bonchev–Trinajstić information content (AvgIpc) is 3.12. The average molecular weight is 538 g/mol. The van der Waals surface area contributed by atoms with Crippen LogP contribution in [0.2, 0.25) is 0 Å². The van der Waals surface area contributed by atoms with Gasteiger partial charge in [0.25, 0.3) is 5.91 Å². The smallest absolute Gasteiger partial charge is 0.408 e. The summed E-state index contributed by atoms with van der Waals surface area (Å²) in [6, 6.07) is 11.5. The molecule has 0 aliphatic heterocycles. The topological polar surface area (TPSA) is 154 Å². The summed E-state index contributed by atoms with van der Waals surface area (Å²) in [7, 11) is 1.94. The summed E-state index contributed by atoms with van der Waals surface area (Å²) < 4.78 is 7.18. The predicted octanol–water partition coefficient (Wildman–Crippen LogP) is 2.26. The van der Waals surface area contributed by atoms with Crippen LogP contribution < -0.4 is 16.1 Å². The minimum atomic E-state index is -1.35. The maximum Gasteiger partial charge on any atom is 0.408 e. The summed E-state index contributed by atoms with van der Waals surface area (Å²) in [5, 5.41) is 29.3. The van der Waals surface area contributed by atoms with Crippen LogP contribution in [-0.2, 0) is 27.8 Å². The zero-order chi connectivity index (χ0) is 28.7. The first-order valence-electron chi connectivity index (χ1n) is 12.4. The molecule has 0 bridgehead atoms. The van der Waals surface area contributed by atoms with E-state index < -0.39 is 42.2 Å². The number of aromatic nitrogens is 1. The van der Waals surface area contributed by atoms with Crippen LogP contribution in [0.1, 0.15) is 37.6 Å². The number of nitrogens with one attached hydrogen (secondary N) is 3. The molecule has 0 fully saturated rings. The lowest BCUT2D eigenvalue weighted by Gasteiger charge is -2.24. The Bertz CT molecular complexity index is 1360. The molecule has 0 saturated heterocycles. The molecule has 3 rings (SSSR count). The molecule has 208 valence electrons. The fourth-order valence-electron chi connectivity index (χ4n) is 3.94. The Morgan fingerprint density at radius 1 is 1.03 bits per heavy atom. The second-order valence-electron chi connectivity index (χ2n) is 10.1. The van der Waals surface area contributed by atoms with Gasteiger partial charge < -0.3 is 30.2 Å². The number of hydrogen-bond acceptors (Lipinski definition) is 7. The van der Waals surface area contributed by atoms with Crippen LogP contribution in [0.5, 0.6) is 5.75 Å². The molecule has 0 spiro atoms. The number of aliphatic hydroxyl groups excluding tert-OH is 1. The van der Waals surface area contributed by atoms with Crippen LogP contribution in [0, 0.1) is 6.92 Å². The number of ether oxygens (including phenoxy) is 1. The van der Waals surface area contributed by atoms with E-state index in [4.69, 9.17) is 4.74 Å². The Labute approximate surface area is 226 Å². The number of carbonyl (C=O) groups is 3. The highest BCUT2D eigenvalue weighted by molar-refractivity contribution is 6.01. The number of hydrazone groups is 1. The maximum absolute atomic E-state index is 13.1. The number of nitrogens with zero attached hydrogens (tertiary/aromatic N) is 2. The minimum absolute atomic E-state index is 0.0562. The van der Waals surface area contributed by atoms with Crippen molar-refractivity contribution in [1.29, 1.82) is 0 Å². The molecule has 11 heteroatoms. The van der Waals surface area contributed by atoms with Crippen LogP contribution >= 0.6 is 0 Å². The number of amides is 3. The summed E-state index contributed by atoms with van der Waals surface area (Å²) in [4.78, 5) is 38.2. The Kier molecular flexibility index (Phi) is 9.31. The Balaban J connectivity index is 1.77. The lowest BCUT2D eigenvalue weighted by Crippen LogP contribution is -2.55. The van der Waals surface area contributed by atoms with Crippen molar-refractivity contribution in [2.75, 3.05) is 6.61 Å². The summed E-state index contributed by atoms with van der Waals surface area (Å²) in [6.07, 6.45) is 0.729. The number of aromatic hydroxyl groups is 1. The van der Waals surface area contributed by atoms with Gasteiger partial charge in [0, 0.05) is 35.6 Å². The van der Waals surface area contributed by atoms with E-state index in [0.717, 1.165) is 22.2 Å². The number of aryl methyl sites for hydroxylation is 1. The molecular weight excluding hydrogens is 502 g/mol. The molecule has 5 N–H and O–H groups in total. The first kappa shape index (κ1) is 29.2. The highest BCUT2D eigenvalue weighted by atomic mass is 16.6. The third kappa shape index (κ3) is 7.81. The Morgan fingerprint density at radius 2 is 1.69 bits per heavy atom. The van der Waals surface area contributed by atoms with Crippen LogP contribution in [-0.4, -0.2) is 63.2 Å². The van der Waals surface area contributed by atoms with Crippen molar-refractivity contribution in [3.8, 4) is 5.75 Å². The lowest BCUT2D eigenvalue weighted by molar-refractivity contribution is -0.130. The van der Waals surface area contributed by atoms with Crippen molar-refractivity contribution in [1.82, 2.24) is 20.6 Å². The number of hydrogen-bond donors (Lipinski definition) is 5. The quantitative estimate of drug-likeness (QED) is 0.208. The Hall–Kier alpha value is -4.38. The number of benzene rings is 2. The first-order valence-corrected chi connectivity index (χ1v) is 12.4. The van der Waals surface area contributed by atoms with E-state index in [2.05, 4.69) is 21.2 Å². The van der Waals surface area contributed by atoms with Crippen LogP contribution in [0.15, 0.2) is 53.6 Å². The van der Waals surface area contributed by atoms with Gasteiger partial charge in [0.2, 0.25) is 5.91 Å². The molecule has 2 atom stereocenters. The van der Waals surface area contributed by atoms with E-state index in [1.165, 1.54) is 12.1 Å². The number of phenols is 1. The van der Waals surface area contributed by atoms with Gasteiger partial charge in [-0.3, -0.25) is 9.59 Å². The molecule has 1 heterocycles. The van der Waals surface area contributed by atoms with Crippen molar-refractivity contribution < 1.29 is 29.3 Å². The summed E-state index contributed by atoms with van der Waals surface area (Å²) in [6.45, 7) is 6.23. The van der Waals surface area contributed by atoms with Crippen molar-refractivity contribution in [2.45, 2.75) is 51.8 Å². The number of alkyl carbamates (subject to hydrolysis) is 1. The fraction of sp³-hybridized carbons (Fsp3) is 0.357. The number of rotatable bonds is 9. The molecule has 0 unspecified atom stereocenters. The molecule has 3 aromatic rings. The van der Waals surface area contributed by atoms with E-state index in [1.54, 1.807) is 39.1 Å². The first-order chi connectivity index (χ1) is 18.4. The highest BCUT2D eigenvalue weighted by Crippen LogP contribution is 2.23. The Morgan fingerprint density at radius 3 is 2.33 bits per heavy atom. The van der Waals surface area contributed by atoms with Gasteiger partial charge in [-0.25, -0.2) is 10.2 Å². The van der Waals surface area contributed by atoms with Gasteiger partial charge in [0.15, 0.2) is 0 Å². The second kappa shape index (κ2) is 12.4. The number of carbonyl (C=O) groups excluding carboxylic acids is 3. The van der Waals surface area contributed by atoms with Crippen molar-refractivity contribution in [2.24, 2.45) is 12.1 Å². The SMILES string of the molecule is Cc1c(/C=N\NC(=O)[C@H](Cc2ccc(O)cc2)NC(=O)[C@H](CO)NC(=O)OC(C)(C)C)c2ccccc2n1C. The van der Waals surface area contributed by atoms with Gasteiger partial charge in [-0.05, 0) is 51.5 Å². The van der Waals surface area contributed by atoms with Gasteiger partial charge >= 0.3 is 6.09 Å². The molecule has 0 radical (unpaired) electrons. The van der Waals surface area contributed by atoms with Gasteiger partial charge in [-0.15, -0.1) is 0 Å². The lowest BCUT2D eigenvalue weighted by atomic mass is 10.0. The molecule has 1 aromatic heterocycles. The third-order valence-electron chi connectivity index (χ3n) is 6.02. The minimum Gasteiger partial charge on any atom is -0.508 e. The normalized spacial score (nSPS) is 13.2. The van der Waals surface area contributed by atoms with Gasteiger partial charge in [0.1, 0.15) is 23.4 Å². The molecule has 0 saturated carbocycles. The molecular formula is C28H35N5O6. The third-order valence-corrected chi connectivity index (χ3v) is 6.02. The molecule has 3 amide bonds. The summed E-state index contributed by atoms with van der Waals surface area (Å²) in [5.74, 6) is -1.34. The van der Waals surface area contributed by atoms with Gasteiger partial charge in [-0.2, -0.15) is 5.10 Å². The molecule has 11 nitrogen and oxygen atoms in total. The van der Waals surface area contributed by atoms with E-state index in [0.29, 0.717) is 5.56 Å². The fourth-order valence-corrected chi connectivity index (χ4v) is 3.94. The van der Waals surface area contributed by atoms with Crippen LogP contribution in [0.25, 0.3) is 10.9 Å². The van der Waals surface area contributed by atoms with Crippen LogP contribution in [0.3, 0.4) is 0 Å². The van der Waals surface area contributed by atoms with Gasteiger partial charge in [0.05, 0.1) is 12.8 Å². The highest BCUT2D eigenvalue weighted by Gasteiger charge is 2.28. The van der Waals surface area contributed by atoms with Gasteiger partial charge in [-0.1, -0.05) is 30.3 Å². The van der Waals surface area contributed by atoms with Crippen LogP contribution in [0.4, 0.5) is 4.79 Å². The maximum atomic E-state index is 13.1. The van der Waals surface area contributed by atoms with E-state index in [-0.39, 0.29) is 12.2 Å². The van der Waals surface area contributed by atoms with E-state index in [9.17, 15) is 24.6 Å². The number of para-hydroxylation sites is 1. The number of fused-ring (bicyclic) bond motifs is 1. The van der Waals surface area contributed by atoms with E-state index >= 15 is 0 Å². The summed E-state index contributed by atoms with van der Waals surface area (Å²) >= 11 is 0. The number of phenolic OH excluding ortho intramolecular Hbond substituents is 1. The number of aliphatic hydroxyl groups is 1. The zero-order valence-corrected chi connectivity index (χ0v) is 22.7.